The van der Waals surface area contributed by atoms with Gasteiger partial charge >= 0.3 is 0 Å². The molecule has 1 aliphatic heterocycles. The van der Waals surface area contributed by atoms with Crippen LogP contribution >= 0.6 is 23.7 Å². The predicted molar refractivity (Wildman–Crippen MR) is 94.4 cm³/mol. The normalized spacial score (nSPS) is 17.3. The summed E-state index contributed by atoms with van der Waals surface area (Å²) in [4.78, 5) is 15.9. The number of benzene rings is 1. The maximum atomic E-state index is 12.5. The van der Waals surface area contributed by atoms with Crippen LogP contribution in [0.1, 0.15) is 35.7 Å². The highest BCUT2D eigenvalue weighted by Gasteiger charge is 2.30. The van der Waals surface area contributed by atoms with Gasteiger partial charge in [0, 0.05) is 23.5 Å². The number of anilines is 1. The second kappa shape index (κ2) is 7.65. The SMILES string of the molecule is Cl.Nc1ccccc1CCC(=O)N1CCCC1c1cccs1. The average molecular weight is 337 g/mol. The Morgan fingerprint density at radius 3 is 2.82 bits per heavy atom. The molecule has 1 saturated heterocycles. The van der Waals surface area contributed by atoms with E-state index in [1.165, 1.54) is 4.88 Å². The summed E-state index contributed by atoms with van der Waals surface area (Å²) in [5, 5.41) is 2.08. The van der Waals surface area contributed by atoms with E-state index in [9.17, 15) is 4.79 Å². The van der Waals surface area contributed by atoms with Gasteiger partial charge in [0.1, 0.15) is 0 Å². The van der Waals surface area contributed by atoms with E-state index in [2.05, 4.69) is 17.5 Å². The first kappa shape index (κ1) is 16.8. The number of carbonyl (C=O) groups excluding carboxylic acids is 1. The van der Waals surface area contributed by atoms with E-state index in [1.54, 1.807) is 11.3 Å². The molecule has 2 N–H and O–H groups in total. The summed E-state index contributed by atoms with van der Waals surface area (Å²) in [6.45, 7) is 0.881. The number of hydrogen-bond donors (Lipinski definition) is 1. The lowest BCUT2D eigenvalue weighted by Gasteiger charge is -2.24. The van der Waals surface area contributed by atoms with E-state index < -0.39 is 0 Å². The first-order valence-corrected chi connectivity index (χ1v) is 8.30. The van der Waals surface area contributed by atoms with Gasteiger partial charge in [-0.25, -0.2) is 0 Å². The molecule has 0 aliphatic carbocycles. The molecule has 1 aromatic carbocycles. The Labute approximate surface area is 141 Å². The minimum atomic E-state index is 0. The molecule has 2 heterocycles. The number of likely N-dealkylation sites (tertiary alicyclic amines) is 1. The maximum Gasteiger partial charge on any atom is 0.223 e. The number of nitrogens with zero attached hydrogens (tertiary/aromatic N) is 1. The van der Waals surface area contributed by atoms with E-state index in [-0.39, 0.29) is 24.4 Å². The highest BCUT2D eigenvalue weighted by Crippen LogP contribution is 2.35. The topological polar surface area (TPSA) is 46.3 Å². The molecule has 1 atom stereocenters. The number of nitrogen functional groups attached to an aromatic ring is 1. The van der Waals surface area contributed by atoms with Crippen molar-refractivity contribution in [2.45, 2.75) is 31.7 Å². The molecule has 3 rings (SSSR count). The predicted octanol–water partition coefficient (Wildman–Crippen LogP) is 4.05. The Kier molecular flexibility index (Phi) is 5.86. The van der Waals surface area contributed by atoms with Crippen LogP contribution in [0.15, 0.2) is 41.8 Å². The van der Waals surface area contributed by atoms with Gasteiger partial charge in [0.2, 0.25) is 5.91 Å². The zero-order valence-corrected chi connectivity index (χ0v) is 14.0. The van der Waals surface area contributed by atoms with Crippen molar-refractivity contribution in [3.05, 3.63) is 52.2 Å². The number of aryl methyl sites for hydroxylation is 1. The number of rotatable bonds is 4. The second-order valence-electron chi connectivity index (χ2n) is 5.46. The van der Waals surface area contributed by atoms with Gasteiger partial charge in [0.05, 0.1) is 6.04 Å². The molecule has 1 amide bonds. The monoisotopic (exact) mass is 336 g/mol. The number of amides is 1. The lowest BCUT2D eigenvalue weighted by atomic mass is 10.1. The first-order valence-electron chi connectivity index (χ1n) is 7.42. The van der Waals surface area contributed by atoms with Crippen LogP contribution in [-0.4, -0.2) is 17.4 Å². The first-order chi connectivity index (χ1) is 10.3. The molecule has 1 fully saturated rings. The molecule has 0 bridgehead atoms. The average Bonchev–Trinajstić information content (AvgIpc) is 3.16. The fourth-order valence-electron chi connectivity index (χ4n) is 2.99. The maximum absolute atomic E-state index is 12.5. The third kappa shape index (κ3) is 3.62. The van der Waals surface area contributed by atoms with Crippen LogP contribution in [-0.2, 0) is 11.2 Å². The van der Waals surface area contributed by atoms with Gasteiger partial charge in [0.15, 0.2) is 0 Å². The Hall–Kier alpha value is -1.52. The molecular formula is C17H21ClN2OS. The number of thiophene rings is 1. The number of para-hydroxylation sites is 1. The minimum Gasteiger partial charge on any atom is -0.399 e. The van der Waals surface area contributed by atoms with Gasteiger partial charge in [-0.05, 0) is 42.3 Å². The summed E-state index contributed by atoms with van der Waals surface area (Å²) < 4.78 is 0. The van der Waals surface area contributed by atoms with Crippen molar-refractivity contribution < 1.29 is 4.79 Å². The van der Waals surface area contributed by atoms with Crippen molar-refractivity contribution in [3.8, 4) is 0 Å². The van der Waals surface area contributed by atoms with Crippen LogP contribution in [0.4, 0.5) is 5.69 Å². The van der Waals surface area contributed by atoms with Gasteiger partial charge in [-0.3, -0.25) is 4.79 Å². The van der Waals surface area contributed by atoms with Crippen LogP contribution in [0.2, 0.25) is 0 Å². The third-order valence-corrected chi connectivity index (χ3v) is 5.08. The van der Waals surface area contributed by atoms with Gasteiger partial charge in [0.25, 0.3) is 0 Å². The molecule has 118 valence electrons. The molecule has 22 heavy (non-hydrogen) atoms. The van der Waals surface area contributed by atoms with Crippen LogP contribution in [0.25, 0.3) is 0 Å². The zero-order chi connectivity index (χ0) is 14.7. The Morgan fingerprint density at radius 1 is 1.27 bits per heavy atom. The van der Waals surface area contributed by atoms with Gasteiger partial charge < -0.3 is 10.6 Å². The standard InChI is InChI=1S/C17H20N2OS.ClH/c18-14-6-2-1-5-13(14)9-10-17(20)19-11-3-7-15(19)16-8-4-12-21-16;/h1-2,4-6,8,12,15H,3,7,9-11,18H2;1H. The van der Waals surface area contributed by atoms with E-state index in [0.29, 0.717) is 6.42 Å². The quantitative estimate of drug-likeness (QED) is 0.856. The minimum absolute atomic E-state index is 0. The molecule has 3 nitrogen and oxygen atoms in total. The molecule has 0 radical (unpaired) electrons. The van der Waals surface area contributed by atoms with Crippen molar-refractivity contribution in [2.24, 2.45) is 0 Å². The molecule has 0 spiro atoms. The Balaban J connectivity index is 0.00000176. The highest BCUT2D eigenvalue weighted by atomic mass is 35.5. The van der Waals surface area contributed by atoms with E-state index >= 15 is 0 Å². The van der Waals surface area contributed by atoms with E-state index in [4.69, 9.17) is 5.73 Å². The summed E-state index contributed by atoms with van der Waals surface area (Å²) >= 11 is 1.74. The lowest BCUT2D eigenvalue weighted by molar-refractivity contribution is -0.132. The van der Waals surface area contributed by atoms with Crippen LogP contribution < -0.4 is 5.73 Å². The van der Waals surface area contributed by atoms with Crippen molar-refractivity contribution in [2.75, 3.05) is 12.3 Å². The van der Waals surface area contributed by atoms with E-state index in [1.807, 2.05) is 29.2 Å². The smallest absolute Gasteiger partial charge is 0.223 e. The van der Waals surface area contributed by atoms with Crippen LogP contribution in [0.5, 0.6) is 0 Å². The van der Waals surface area contributed by atoms with Crippen LogP contribution in [0, 0.1) is 0 Å². The Morgan fingerprint density at radius 2 is 2.09 bits per heavy atom. The summed E-state index contributed by atoms with van der Waals surface area (Å²) in [5.41, 5.74) is 7.79. The zero-order valence-electron chi connectivity index (χ0n) is 12.4. The lowest BCUT2D eigenvalue weighted by Crippen LogP contribution is -2.30. The fourth-order valence-corrected chi connectivity index (χ4v) is 3.86. The van der Waals surface area contributed by atoms with Gasteiger partial charge in [-0.1, -0.05) is 24.3 Å². The molecular weight excluding hydrogens is 316 g/mol. The Bertz CT molecular complexity index is 615. The summed E-state index contributed by atoms with van der Waals surface area (Å²) in [6, 6.07) is 12.3. The number of carbonyl (C=O) groups is 1. The van der Waals surface area contributed by atoms with Crippen LogP contribution in [0.3, 0.4) is 0 Å². The molecule has 1 aromatic heterocycles. The summed E-state index contributed by atoms with van der Waals surface area (Å²) in [7, 11) is 0. The van der Waals surface area contributed by atoms with Crippen molar-refractivity contribution >= 4 is 35.3 Å². The largest absolute Gasteiger partial charge is 0.399 e. The fraction of sp³-hybridized carbons (Fsp3) is 0.353. The van der Waals surface area contributed by atoms with E-state index in [0.717, 1.165) is 37.1 Å². The third-order valence-electron chi connectivity index (χ3n) is 4.11. The summed E-state index contributed by atoms with van der Waals surface area (Å²) in [6.07, 6.45) is 3.44. The number of hydrogen-bond acceptors (Lipinski definition) is 3. The number of halogens is 1. The molecule has 5 heteroatoms. The molecule has 0 saturated carbocycles. The highest BCUT2D eigenvalue weighted by molar-refractivity contribution is 7.10. The second-order valence-corrected chi connectivity index (χ2v) is 6.44. The molecule has 1 aliphatic rings. The number of nitrogens with two attached hydrogens (primary N) is 1. The van der Waals surface area contributed by atoms with Crippen molar-refractivity contribution in [1.82, 2.24) is 4.90 Å². The molecule has 2 aromatic rings. The van der Waals surface area contributed by atoms with Crippen molar-refractivity contribution in [3.63, 3.8) is 0 Å². The van der Waals surface area contributed by atoms with Crippen molar-refractivity contribution in [1.29, 1.82) is 0 Å². The molecule has 1 unspecified atom stereocenters. The summed E-state index contributed by atoms with van der Waals surface area (Å²) in [5.74, 6) is 0.245. The van der Waals surface area contributed by atoms with Gasteiger partial charge in [-0.2, -0.15) is 0 Å². The van der Waals surface area contributed by atoms with Gasteiger partial charge in [-0.15, -0.1) is 23.7 Å².